The van der Waals surface area contributed by atoms with Gasteiger partial charge >= 0.3 is 4.87 Å². The summed E-state index contributed by atoms with van der Waals surface area (Å²) < 4.78 is 26.7. The number of sulfonamides is 1. The Bertz CT molecular complexity index is 801. The highest BCUT2D eigenvalue weighted by Gasteiger charge is 2.33. The third-order valence-electron chi connectivity index (χ3n) is 4.50. The number of piperazine rings is 1. The molecule has 1 fully saturated rings. The molecule has 0 radical (unpaired) electrons. The van der Waals surface area contributed by atoms with Crippen LogP contribution in [0.1, 0.15) is 25.0 Å². The Morgan fingerprint density at radius 2 is 2.04 bits per heavy atom. The Kier molecular flexibility index (Phi) is 4.93. The van der Waals surface area contributed by atoms with Crippen LogP contribution >= 0.6 is 11.3 Å². The fourth-order valence-electron chi connectivity index (χ4n) is 3.15. The second kappa shape index (κ2) is 6.81. The predicted molar refractivity (Wildman–Crippen MR) is 91.5 cm³/mol. The number of aromatic amines is 1. The van der Waals surface area contributed by atoms with E-state index in [4.69, 9.17) is 0 Å². The van der Waals surface area contributed by atoms with E-state index in [0.29, 0.717) is 42.5 Å². The molecule has 7 nitrogen and oxygen atoms in total. The van der Waals surface area contributed by atoms with Crippen molar-refractivity contribution in [2.75, 3.05) is 26.2 Å². The maximum absolute atomic E-state index is 12.6. The Morgan fingerprint density at radius 1 is 1.33 bits per heavy atom. The molecule has 24 heavy (non-hydrogen) atoms. The van der Waals surface area contributed by atoms with Crippen molar-refractivity contribution in [2.24, 2.45) is 5.92 Å². The fourth-order valence-corrected chi connectivity index (χ4v) is 6.01. The minimum absolute atomic E-state index is 0.0726. The van der Waals surface area contributed by atoms with Crippen molar-refractivity contribution in [1.29, 1.82) is 0 Å². The smallest absolute Gasteiger partial charge is 0.305 e. The number of rotatable bonds is 4. The van der Waals surface area contributed by atoms with Gasteiger partial charge in [-0.1, -0.05) is 23.5 Å². The molecular weight excluding hydrogens is 350 g/mol. The highest BCUT2D eigenvalue weighted by molar-refractivity contribution is 7.91. The molecule has 0 spiro atoms. The van der Waals surface area contributed by atoms with Crippen molar-refractivity contribution in [3.05, 3.63) is 27.5 Å². The summed E-state index contributed by atoms with van der Waals surface area (Å²) in [5.41, 5.74) is 0.372. The van der Waals surface area contributed by atoms with E-state index < -0.39 is 10.0 Å². The van der Waals surface area contributed by atoms with Crippen LogP contribution in [-0.4, -0.2) is 54.7 Å². The van der Waals surface area contributed by atoms with Gasteiger partial charge in [0.2, 0.25) is 5.91 Å². The van der Waals surface area contributed by atoms with Crippen molar-refractivity contribution in [3.63, 3.8) is 0 Å². The SMILES string of the molecule is Cc1[nH]c(=O)sc1S(=O)(=O)N1CCN(C(=O)CC2C=CCC2)CC1. The molecule has 2 heterocycles. The Labute approximate surface area is 145 Å². The Hall–Kier alpha value is -1.45. The van der Waals surface area contributed by atoms with Gasteiger partial charge in [0.15, 0.2) is 4.21 Å². The normalized spacial score (nSPS) is 22.2. The number of hydrogen-bond donors (Lipinski definition) is 1. The highest BCUT2D eigenvalue weighted by Crippen LogP contribution is 2.24. The monoisotopic (exact) mass is 371 g/mol. The number of H-pyrrole nitrogens is 1. The molecule has 1 amide bonds. The summed E-state index contributed by atoms with van der Waals surface area (Å²) in [6.45, 7) is 2.90. The standard InChI is InChI=1S/C15H21N3O4S2/c1-11-14(23-15(20)16-11)24(21,22)18-8-6-17(7-9-18)13(19)10-12-4-2-3-5-12/h2,4,12H,3,5-10H2,1H3,(H,16,20). The van der Waals surface area contributed by atoms with Crippen LogP contribution in [0.25, 0.3) is 0 Å². The summed E-state index contributed by atoms with van der Waals surface area (Å²) in [5.74, 6) is 0.408. The lowest BCUT2D eigenvalue weighted by Crippen LogP contribution is -2.50. The predicted octanol–water partition coefficient (Wildman–Crippen LogP) is 0.934. The number of aryl methyl sites for hydroxylation is 1. The molecule has 1 N–H and O–H groups in total. The van der Waals surface area contributed by atoms with Crippen molar-refractivity contribution in [2.45, 2.75) is 30.4 Å². The number of carbonyl (C=O) groups excluding carboxylic acids is 1. The Balaban J connectivity index is 1.62. The average molecular weight is 371 g/mol. The first kappa shape index (κ1) is 17.4. The minimum atomic E-state index is -3.67. The van der Waals surface area contributed by atoms with Crippen molar-refractivity contribution >= 4 is 27.3 Å². The van der Waals surface area contributed by atoms with Crippen LogP contribution in [0.4, 0.5) is 0 Å². The zero-order valence-electron chi connectivity index (χ0n) is 13.5. The number of nitrogens with zero attached hydrogens (tertiary/aromatic N) is 2. The molecule has 1 aromatic rings. The molecular formula is C15H21N3O4S2. The molecule has 0 saturated carbocycles. The second-order valence-electron chi connectivity index (χ2n) is 6.18. The topological polar surface area (TPSA) is 90.5 Å². The molecule has 132 valence electrons. The van der Waals surface area contributed by atoms with E-state index in [2.05, 4.69) is 17.1 Å². The number of thiazole rings is 1. The zero-order valence-corrected chi connectivity index (χ0v) is 15.2. The van der Waals surface area contributed by atoms with E-state index in [9.17, 15) is 18.0 Å². The van der Waals surface area contributed by atoms with E-state index in [1.54, 1.807) is 11.8 Å². The van der Waals surface area contributed by atoms with E-state index in [1.807, 2.05) is 0 Å². The largest absolute Gasteiger partial charge is 0.340 e. The van der Waals surface area contributed by atoms with Gasteiger partial charge in [0.05, 0.1) is 0 Å². The molecule has 1 aliphatic carbocycles. The van der Waals surface area contributed by atoms with E-state index in [-0.39, 0.29) is 28.1 Å². The van der Waals surface area contributed by atoms with E-state index >= 15 is 0 Å². The summed E-state index contributed by atoms with van der Waals surface area (Å²) in [6, 6.07) is 0. The lowest BCUT2D eigenvalue weighted by Gasteiger charge is -2.34. The number of amides is 1. The molecule has 1 aromatic heterocycles. The van der Waals surface area contributed by atoms with E-state index in [1.165, 1.54) is 4.31 Å². The molecule has 3 rings (SSSR count). The van der Waals surface area contributed by atoms with Crippen LogP contribution in [-0.2, 0) is 14.8 Å². The van der Waals surface area contributed by atoms with Gasteiger partial charge < -0.3 is 9.88 Å². The lowest BCUT2D eigenvalue weighted by atomic mass is 10.0. The van der Waals surface area contributed by atoms with Crippen LogP contribution in [0.3, 0.4) is 0 Å². The quantitative estimate of drug-likeness (QED) is 0.798. The van der Waals surface area contributed by atoms with Gasteiger partial charge in [-0.15, -0.1) is 0 Å². The molecule has 1 aliphatic heterocycles. The molecule has 0 bridgehead atoms. The van der Waals surface area contributed by atoms with Crippen LogP contribution < -0.4 is 4.87 Å². The molecule has 1 unspecified atom stereocenters. The van der Waals surface area contributed by atoms with Crippen LogP contribution in [0, 0.1) is 12.8 Å². The van der Waals surface area contributed by atoms with Gasteiger partial charge in [0.25, 0.3) is 10.0 Å². The third-order valence-corrected chi connectivity index (χ3v) is 7.98. The highest BCUT2D eigenvalue weighted by atomic mass is 32.2. The zero-order chi connectivity index (χ0) is 17.3. The molecule has 1 saturated heterocycles. The number of allylic oxidation sites excluding steroid dienone is 2. The first-order valence-electron chi connectivity index (χ1n) is 8.02. The lowest BCUT2D eigenvalue weighted by molar-refractivity contribution is -0.133. The summed E-state index contributed by atoms with van der Waals surface area (Å²) in [5, 5.41) is 0. The maximum atomic E-state index is 12.6. The van der Waals surface area contributed by atoms with Crippen LogP contribution in [0.15, 0.2) is 21.2 Å². The van der Waals surface area contributed by atoms with Gasteiger partial charge in [0, 0.05) is 38.3 Å². The Morgan fingerprint density at radius 3 is 2.58 bits per heavy atom. The first-order valence-corrected chi connectivity index (χ1v) is 10.3. The number of carbonyl (C=O) groups is 1. The van der Waals surface area contributed by atoms with Crippen LogP contribution in [0.2, 0.25) is 0 Å². The number of nitrogens with one attached hydrogen (secondary N) is 1. The maximum Gasteiger partial charge on any atom is 0.305 e. The van der Waals surface area contributed by atoms with Crippen molar-refractivity contribution in [3.8, 4) is 0 Å². The first-order chi connectivity index (χ1) is 11.4. The molecule has 1 atom stereocenters. The minimum Gasteiger partial charge on any atom is -0.340 e. The van der Waals surface area contributed by atoms with Gasteiger partial charge in [-0.2, -0.15) is 4.31 Å². The molecule has 2 aliphatic rings. The van der Waals surface area contributed by atoms with Crippen molar-refractivity contribution in [1.82, 2.24) is 14.2 Å². The van der Waals surface area contributed by atoms with E-state index in [0.717, 1.165) is 12.8 Å². The summed E-state index contributed by atoms with van der Waals surface area (Å²) in [7, 11) is -3.67. The third kappa shape index (κ3) is 3.47. The summed E-state index contributed by atoms with van der Waals surface area (Å²) in [6.07, 6.45) is 6.75. The van der Waals surface area contributed by atoms with Gasteiger partial charge in [-0.25, -0.2) is 8.42 Å². The molecule has 0 aromatic carbocycles. The fraction of sp³-hybridized carbons (Fsp3) is 0.600. The number of aromatic nitrogens is 1. The summed E-state index contributed by atoms with van der Waals surface area (Å²) in [4.78, 5) is 27.6. The second-order valence-corrected chi connectivity index (χ2v) is 9.30. The molecule has 9 heteroatoms. The number of hydrogen-bond acceptors (Lipinski definition) is 5. The van der Waals surface area contributed by atoms with Crippen molar-refractivity contribution < 1.29 is 13.2 Å². The van der Waals surface area contributed by atoms with Gasteiger partial charge in [-0.3, -0.25) is 9.59 Å². The van der Waals surface area contributed by atoms with Gasteiger partial charge in [-0.05, 0) is 25.7 Å². The average Bonchev–Trinajstić information content (AvgIpc) is 3.17. The van der Waals surface area contributed by atoms with Gasteiger partial charge in [0.1, 0.15) is 0 Å². The summed E-state index contributed by atoms with van der Waals surface area (Å²) >= 11 is 0.714. The van der Waals surface area contributed by atoms with Crippen LogP contribution in [0.5, 0.6) is 0 Å².